The number of hydrogen-bond donors (Lipinski definition) is 1. The Morgan fingerprint density at radius 2 is 1.61 bits per heavy atom. The van der Waals surface area contributed by atoms with Crippen molar-refractivity contribution < 1.29 is 22.7 Å². The van der Waals surface area contributed by atoms with Crippen LogP contribution in [0.5, 0.6) is 5.75 Å². The zero-order valence-electron chi connectivity index (χ0n) is 24.0. The van der Waals surface area contributed by atoms with E-state index in [1.54, 1.807) is 24.3 Å². The summed E-state index contributed by atoms with van der Waals surface area (Å²) in [5, 5.41) is 3.18. The van der Waals surface area contributed by atoms with Gasteiger partial charge in [-0.1, -0.05) is 73.0 Å². The molecule has 218 valence electrons. The third kappa shape index (κ3) is 8.33. The Bertz CT molecular complexity index is 1420. The van der Waals surface area contributed by atoms with Crippen molar-refractivity contribution in [3.05, 3.63) is 95.6 Å². The van der Waals surface area contributed by atoms with Gasteiger partial charge in [0, 0.05) is 19.0 Å². The molecule has 1 aliphatic carbocycles. The predicted molar refractivity (Wildman–Crippen MR) is 161 cm³/mol. The smallest absolute Gasteiger partial charge is 0.244 e. The van der Waals surface area contributed by atoms with Crippen LogP contribution in [0, 0.1) is 6.92 Å². The molecule has 1 fully saturated rings. The van der Waals surface area contributed by atoms with Crippen LogP contribution in [0.25, 0.3) is 0 Å². The van der Waals surface area contributed by atoms with Crippen molar-refractivity contribution in [1.29, 1.82) is 0 Å². The molecule has 0 heterocycles. The average Bonchev–Trinajstić information content (AvgIpc) is 3.46. The summed E-state index contributed by atoms with van der Waals surface area (Å²) in [5.74, 6) is -0.117. The number of methoxy groups -OCH3 is 1. The largest absolute Gasteiger partial charge is 0.497 e. The molecule has 0 bridgehead atoms. The molecule has 0 aromatic heterocycles. The first-order valence-corrected chi connectivity index (χ1v) is 15.8. The van der Waals surface area contributed by atoms with Gasteiger partial charge >= 0.3 is 0 Å². The fourth-order valence-corrected chi connectivity index (χ4v) is 6.14. The van der Waals surface area contributed by atoms with Crippen LogP contribution in [0.3, 0.4) is 0 Å². The first kappa shape index (κ1) is 30.1. The van der Waals surface area contributed by atoms with Crippen molar-refractivity contribution in [2.45, 2.75) is 57.7 Å². The van der Waals surface area contributed by atoms with E-state index in [1.165, 1.54) is 12.0 Å². The van der Waals surface area contributed by atoms with E-state index in [9.17, 15) is 18.0 Å². The van der Waals surface area contributed by atoms with Crippen LogP contribution in [-0.2, 0) is 32.6 Å². The molecule has 3 aromatic rings. The minimum Gasteiger partial charge on any atom is -0.497 e. The minimum absolute atomic E-state index is 0.0727. The fraction of sp³-hybridized carbons (Fsp3) is 0.375. The summed E-state index contributed by atoms with van der Waals surface area (Å²) in [6, 6.07) is 23.1. The van der Waals surface area contributed by atoms with Crippen LogP contribution in [0.15, 0.2) is 78.9 Å². The minimum atomic E-state index is -3.82. The van der Waals surface area contributed by atoms with E-state index in [0.717, 1.165) is 52.9 Å². The van der Waals surface area contributed by atoms with E-state index in [2.05, 4.69) is 5.32 Å². The maximum Gasteiger partial charge on any atom is 0.244 e. The van der Waals surface area contributed by atoms with E-state index in [1.807, 2.05) is 61.5 Å². The standard InChI is InChI=1S/C32H39N3O5S/c1-24-10-9-13-26(20-24)22-34(31(36)23-35(41(3,38)39)28-16-18-29(40-2)19-17-28)30(21-25-11-5-4-6-12-25)32(37)33-27-14-7-8-15-27/h4-6,9-13,16-20,27,30H,7-8,14-15,21-23H2,1-3H3,(H,33,37)/t30-/m0/s1. The lowest BCUT2D eigenvalue weighted by Gasteiger charge is -2.34. The van der Waals surface area contributed by atoms with Crippen molar-refractivity contribution in [2.75, 3.05) is 24.2 Å². The predicted octanol–water partition coefficient (Wildman–Crippen LogP) is 4.47. The van der Waals surface area contributed by atoms with Gasteiger partial charge in [0.25, 0.3) is 0 Å². The van der Waals surface area contributed by atoms with Crippen LogP contribution in [0.4, 0.5) is 5.69 Å². The Hall–Kier alpha value is -3.85. The normalized spacial score (nSPS) is 14.3. The van der Waals surface area contributed by atoms with Gasteiger partial charge in [-0.2, -0.15) is 0 Å². The highest BCUT2D eigenvalue weighted by atomic mass is 32.2. The number of sulfonamides is 1. The summed E-state index contributed by atoms with van der Waals surface area (Å²) in [7, 11) is -2.30. The van der Waals surface area contributed by atoms with Crippen LogP contribution >= 0.6 is 0 Å². The van der Waals surface area contributed by atoms with Crippen LogP contribution in [-0.4, -0.2) is 57.1 Å². The van der Waals surface area contributed by atoms with Gasteiger partial charge in [0.2, 0.25) is 21.8 Å². The molecule has 3 aromatic carbocycles. The van der Waals surface area contributed by atoms with E-state index in [4.69, 9.17) is 4.74 Å². The SMILES string of the molecule is COc1ccc(N(CC(=O)N(Cc2cccc(C)c2)[C@@H](Cc2ccccc2)C(=O)NC2CCCC2)S(C)(=O)=O)cc1. The third-order valence-electron chi connectivity index (χ3n) is 7.45. The quantitative estimate of drug-likeness (QED) is 0.343. The molecule has 1 aliphatic rings. The molecule has 0 radical (unpaired) electrons. The molecule has 0 saturated heterocycles. The molecule has 41 heavy (non-hydrogen) atoms. The molecule has 0 unspecified atom stereocenters. The molecule has 4 rings (SSSR count). The summed E-state index contributed by atoms with van der Waals surface area (Å²) in [6.45, 7) is 1.69. The average molecular weight is 578 g/mol. The number of nitrogens with one attached hydrogen (secondary N) is 1. The number of carbonyl (C=O) groups excluding carboxylic acids is 2. The second kappa shape index (κ2) is 13.7. The first-order valence-electron chi connectivity index (χ1n) is 13.9. The lowest BCUT2D eigenvalue weighted by atomic mass is 10.0. The fourth-order valence-electron chi connectivity index (χ4n) is 5.29. The van der Waals surface area contributed by atoms with E-state index < -0.39 is 28.5 Å². The summed E-state index contributed by atoms with van der Waals surface area (Å²) in [4.78, 5) is 29.6. The topological polar surface area (TPSA) is 96.0 Å². The summed E-state index contributed by atoms with van der Waals surface area (Å²) in [5.41, 5.74) is 3.14. The van der Waals surface area contributed by atoms with Crippen LogP contribution in [0.1, 0.15) is 42.4 Å². The van der Waals surface area contributed by atoms with E-state index >= 15 is 0 Å². The zero-order chi connectivity index (χ0) is 29.4. The maximum absolute atomic E-state index is 14.2. The number of anilines is 1. The van der Waals surface area contributed by atoms with Crippen LogP contribution < -0.4 is 14.4 Å². The zero-order valence-corrected chi connectivity index (χ0v) is 24.8. The van der Waals surface area contributed by atoms with E-state index in [0.29, 0.717) is 17.9 Å². The van der Waals surface area contributed by atoms with Crippen molar-refractivity contribution in [3.63, 3.8) is 0 Å². The monoisotopic (exact) mass is 577 g/mol. The lowest BCUT2D eigenvalue weighted by molar-refractivity contribution is -0.140. The van der Waals surface area contributed by atoms with Crippen molar-refractivity contribution >= 4 is 27.5 Å². The van der Waals surface area contributed by atoms with Crippen molar-refractivity contribution in [2.24, 2.45) is 0 Å². The van der Waals surface area contributed by atoms with Crippen LogP contribution in [0.2, 0.25) is 0 Å². The maximum atomic E-state index is 14.2. The second-order valence-corrected chi connectivity index (χ2v) is 12.6. The van der Waals surface area contributed by atoms with Gasteiger partial charge in [-0.25, -0.2) is 8.42 Å². The molecule has 2 amide bonds. The molecule has 0 spiro atoms. The van der Waals surface area contributed by atoms with Gasteiger partial charge in [-0.3, -0.25) is 13.9 Å². The number of nitrogens with zero attached hydrogens (tertiary/aromatic N) is 2. The number of hydrogen-bond acceptors (Lipinski definition) is 5. The van der Waals surface area contributed by atoms with Gasteiger partial charge < -0.3 is 15.0 Å². The number of aryl methyl sites for hydroxylation is 1. The molecule has 1 atom stereocenters. The number of carbonyl (C=O) groups is 2. The molecule has 0 aliphatic heterocycles. The van der Waals surface area contributed by atoms with E-state index in [-0.39, 0.29) is 18.5 Å². The summed E-state index contributed by atoms with van der Waals surface area (Å²) >= 11 is 0. The lowest BCUT2D eigenvalue weighted by Crippen LogP contribution is -2.54. The first-order chi connectivity index (χ1) is 19.6. The summed E-state index contributed by atoms with van der Waals surface area (Å²) in [6.07, 6.45) is 5.32. The molecule has 9 heteroatoms. The highest BCUT2D eigenvalue weighted by molar-refractivity contribution is 7.92. The molecular weight excluding hydrogens is 538 g/mol. The van der Waals surface area contributed by atoms with Gasteiger partial charge in [-0.05, 0) is 55.2 Å². The van der Waals surface area contributed by atoms with Crippen molar-refractivity contribution in [1.82, 2.24) is 10.2 Å². The third-order valence-corrected chi connectivity index (χ3v) is 8.59. The Balaban J connectivity index is 1.71. The van der Waals surface area contributed by atoms with Gasteiger partial charge in [0.15, 0.2) is 0 Å². The molecule has 1 N–H and O–H groups in total. The number of amides is 2. The van der Waals surface area contributed by atoms with Gasteiger partial charge in [0.05, 0.1) is 19.1 Å². The molecular formula is C32H39N3O5S. The number of benzene rings is 3. The Kier molecular flexibility index (Phi) is 10.0. The second-order valence-electron chi connectivity index (χ2n) is 10.7. The highest BCUT2D eigenvalue weighted by Gasteiger charge is 2.34. The molecule has 1 saturated carbocycles. The van der Waals surface area contributed by atoms with Gasteiger partial charge in [-0.15, -0.1) is 0 Å². The summed E-state index contributed by atoms with van der Waals surface area (Å²) < 4.78 is 32.1. The number of ether oxygens (including phenoxy) is 1. The highest BCUT2D eigenvalue weighted by Crippen LogP contribution is 2.24. The Morgan fingerprint density at radius 1 is 0.951 bits per heavy atom. The van der Waals surface area contributed by atoms with Gasteiger partial charge in [0.1, 0.15) is 18.3 Å². The number of rotatable bonds is 12. The Labute approximate surface area is 243 Å². The molecule has 8 nitrogen and oxygen atoms in total. The van der Waals surface area contributed by atoms with Crippen molar-refractivity contribution in [3.8, 4) is 5.75 Å². The Morgan fingerprint density at radius 3 is 2.22 bits per heavy atom.